The molecule has 0 bridgehead atoms. The summed E-state index contributed by atoms with van der Waals surface area (Å²) in [6.45, 7) is 10.5. The molecule has 1 N–H and O–H groups in total. The molecule has 2 saturated carbocycles. The quantitative estimate of drug-likeness (QED) is 0.673. The molecule has 0 aliphatic heterocycles. The van der Waals surface area contributed by atoms with Crippen LogP contribution in [0.1, 0.15) is 91.9 Å². The lowest BCUT2D eigenvalue weighted by Gasteiger charge is -2.50. The van der Waals surface area contributed by atoms with Crippen molar-refractivity contribution in [2.75, 3.05) is 6.54 Å². The smallest absolute Gasteiger partial charge is 0.00967 e. The Balaban J connectivity index is 1.89. The van der Waals surface area contributed by atoms with Crippen molar-refractivity contribution in [1.29, 1.82) is 0 Å². The lowest BCUT2D eigenvalue weighted by Crippen LogP contribution is -2.50. The second-order valence-electron chi connectivity index (χ2n) is 8.68. The predicted molar refractivity (Wildman–Crippen MR) is 89.0 cm³/mol. The summed E-state index contributed by atoms with van der Waals surface area (Å²) in [5.74, 6) is 2.07. The van der Waals surface area contributed by atoms with Gasteiger partial charge >= 0.3 is 0 Å². The third kappa shape index (κ3) is 4.23. The molecule has 0 aromatic carbocycles. The van der Waals surface area contributed by atoms with Gasteiger partial charge in [0.25, 0.3) is 0 Å². The minimum Gasteiger partial charge on any atom is -0.312 e. The van der Waals surface area contributed by atoms with E-state index in [1.165, 1.54) is 70.8 Å². The van der Waals surface area contributed by atoms with Gasteiger partial charge < -0.3 is 5.32 Å². The van der Waals surface area contributed by atoms with E-state index >= 15 is 0 Å². The minimum atomic E-state index is 0.274. The van der Waals surface area contributed by atoms with Gasteiger partial charge in [-0.25, -0.2) is 0 Å². The molecule has 1 nitrogen and oxygen atoms in total. The van der Waals surface area contributed by atoms with Crippen LogP contribution < -0.4 is 5.32 Å². The summed E-state index contributed by atoms with van der Waals surface area (Å²) in [6.07, 6.45) is 14.8. The van der Waals surface area contributed by atoms with E-state index in [2.05, 4.69) is 33.0 Å². The lowest BCUT2D eigenvalue weighted by atomic mass is 9.57. The first-order valence-electron chi connectivity index (χ1n) is 9.20. The third-order valence-corrected chi connectivity index (χ3v) is 6.01. The van der Waals surface area contributed by atoms with Crippen LogP contribution in [0, 0.1) is 17.3 Å². The zero-order chi connectivity index (χ0) is 14.6. The predicted octanol–water partition coefficient (Wildman–Crippen LogP) is 5.54. The van der Waals surface area contributed by atoms with Crippen LogP contribution in [0.5, 0.6) is 0 Å². The van der Waals surface area contributed by atoms with Crippen molar-refractivity contribution >= 4 is 0 Å². The van der Waals surface area contributed by atoms with Crippen molar-refractivity contribution < 1.29 is 0 Å². The molecule has 0 aromatic rings. The van der Waals surface area contributed by atoms with Crippen molar-refractivity contribution in [2.45, 2.75) is 97.4 Å². The molecule has 0 radical (unpaired) electrons. The van der Waals surface area contributed by atoms with Crippen molar-refractivity contribution in [3.63, 3.8) is 0 Å². The average molecular weight is 280 g/mol. The first-order chi connectivity index (χ1) is 9.45. The summed E-state index contributed by atoms with van der Waals surface area (Å²) in [5, 5.41) is 3.84. The number of rotatable bonds is 6. The number of hydrogen-bond acceptors (Lipinski definition) is 1. The van der Waals surface area contributed by atoms with E-state index < -0.39 is 0 Å². The Bertz CT molecular complexity index is 277. The normalized spacial score (nSPS) is 32.1. The molecule has 2 aliphatic rings. The van der Waals surface area contributed by atoms with Gasteiger partial charge in [0.1, 0.15) is 0 Å². The monoisotopic (exact) mass is 279 g/mol. The molecular formula is C19H37N. The second kappa shape index (κ2) is 6.81. The van der Waals surface area contributed by atoms with Crippen LogP contribution in [0.15, 0.2) is 0 Å². The van der Waals surface area contributed by atoms with Gasteiger partial charge in [0, 0.05) is 12.1 Å². The van der Waals surface area contributed by atoms with Gasteiger partial charge in [-0.3, -0.25) is 0 Å². The van der Waals surface area contributed by atoms with Gasteiger partial charge in [-0.2, -0.15) is 0 Å². The van der Waals surface area contributed by atoms with Gasteiger partial charge in [-0.15, -0.1) is 0 Å². The minimum absolute atomic E-state index is 0.274. The van der Waals surface area contributed by atoms with Gasteiger partial charge in [0.15, 0.2) is 0 Å². The molecule has 118 valence electrons. The maximum absolute atomic E-state index is 3.84. The third-order valence-electron chi connectivity index (χ3n) is 6.01. The molecular weight excluding hydrogens is 242 g/mol. The topological polar surface area (TPSA) is 12.0 Å². The Kier molecular flexibility index (Phi) is 5.56. The van der Waals surface area contributed by atoms with E-state index in [-0.39, 0.29) is 5.54 Å². The van der Waals surface area contributed by atoms with Gasteiger partial charge in [0.05, 0.1) is 0 Å². The zero-order valence-corrected chi connectivity index (χ0v) is 14.4. The summed E-state index contributed by atoms with van der Waals surface area (Å²) in [4.78, 5) is 0. The van der Waals surface area contributed by atoms with Crippen LogP contribution in [-0.4, -0.2) is 12.1 Å². The van der Waals surface area contributed by atoms with E-state index in [1.54, 1.807) is 0 Å². The Hall–Kier alpha value is -0.0400. The Morgan fingerprint density at radius 2 is 1.70 bits per heavy atom. The van der Waals surface area contributed by atoms with E-state index in [4.69, 9.17) is 0 Å². The van der Waals surface area contributed by atoms with Crippen molar-refractivity contribution in [2.24, 2.45) is 17.3 Å². The molecule has 2 rings (SSSR count). The van der Waals surface area contributed by atoms with Crippen LogP contribution in [0.3, 0.4) is 0 Å². The molecule has 0 aromatic heterocycles. The lowest BCUT2D eigenvalue weighted by molar-refractivity contribution is 0.0186. The molecule has 2 fully saturated rings. The number of unbranched alkanes of at least 4 members (excludes halogenated alkanes) is 1. The highest BCUT2D eigenvalue weighted by atomic mass is 15.0. The highest BCUT2D eigenvalue weighted by Crippen LogP contribution is 2.52. The molecule has 1 heteroatoms. The van der Waals surface area contributed by atoms with Gasteiger partial charge in [0.2, 0.25) is 0 Å². The number of nitrogens with one attached hydrogen (secondary N) is 1. The summed E-state index contributed by atoms with van der Waals surface area (Å²) < 4.78 is 0. The van der Waals surface area contributed by atoms with E-state index in [0.29, 0.717) is 5.41 Å². The Labute approximate surface area is 127 Å². The molecule has 0 unspecified atom stereocenters. The van der Waals surface area contributed by atoms with Crippen LogP contribution in [0.4, 0.5) is 0 Å². The SMILES string of the molecule is CCCCC1CCC(CNC(C)(C)C)(C2CCC2)CC1. The van der Waals surface area contributed by atoms with Gasteiger partial charge in [-0.05, 0) is 76.5 Å². The summed E-state index contributed by atoms with van der Waals surface area (Å²) in [7, 11) is 0. The first-order valence-corrected chi connectivity index (χ1v) is 9.20. The van der Waals surface area contributed by atoms with Crippen molar-refractivity contribution in [3.05, 3.63) is 0 Å². The zero-order valence-electron chi connectivity index (χ0n) is 14.4. The second-order valence-corrected chi connectivity index (χ2v) is 8.68. The molecule has 20 heavy (non-hydrogen) atoms. The Morgan fingerprint density at radius 3 is 2.15 bits per heavy atom. The maximum atomic E-state index is 3.84. The van der Waals surface area contributed by atoms with Crippen LogP contribution in [-0.2, 0) is 0 Å². The molecule has 0 saturated heterocycles. The highest BCUT2D eigenvalue weighted by Gasteiger charge is 2.44. The maximum Gasteiger partial charge on any atom is 0.00967 e. The molecule has 0 heterocycles. The molecule has 0 spiro atoms. The summed E-state index contributed by atoms with van der Waals surface area (Å²) in [5.41, 5.74) is 0.921. The fraction of sp³-hybridized carbons (Fsp3) is 1.00. The van der Waals surface area contributed by atoms with Crippen LogP contribution in [0.2, 0.25) is 0 Å². The van der Waals surface area contributed by atoms with Crippen LogP contribution >= 0.6 is 0 Å². The highest BCUT2D eigenvalue weighted by molar-refractivity contribution is 4.96. The number of hydrogen-bond donors (Lipinski definition) is 1. The molecule has 0 amide bonds. The Morgan fingerprint density at radius 1 is 1.05 bits per heavy atom. The van der Waals surface area contributed by atoms with Crippen molar-refractivity contribution in [1.82, 2.24) is 5.32 Å². The fourth-order valence-corrected chi connectivity index (χ4v) is 4.23. The molecule has 2 aliphatic carbocycles. The van der Waals surface area contributed by atoms with Gasteiger partial charge in [-0.1, -0.05) is 32.6 Å². The first kappa shape index (κ1) is 16.3. The van der Waals surface area contributed by atoms with E-state index in [0.717, 1.165) is 11.8 Å². The summed E-state index contributed by atoms with van der Waals surface area (Å²) >= 11 is 0. The van der Waals surface area contributed by atoms with Crippen molar-refractivity contribution in [3.8, 4) is 0 Å². The average Bonchev–Trinajstić information content (AvgIpc) is 2.33. The summed E-state index contributed by atoms with van der Waals surface area (Å²) in [6, 6.07) is 0. The van der Waals surface area contributed by atoms with Crippen LogP contribution in [0.25, 0.3) is 0 Å². The molecule has 0 atom stereocenters. The largest absolute Gasteiger partial charge is 0.312 e. The fourth-order valence-electron chi connectivity index (χ4n) is 4.23. The van der Waals surface area contributed by atoms with E-state index in [1.807, 2.05) is 0 Å². The standard InChI is InChI=1S/C19H37N/c1-5-6-8-16-11-13-19(14-12-16,17-9-7-10-17)15-20-18(2,3)4/h16-17,20H,5-15H2,1-4H3. The van der Waals surface area contributed by atoms with E-state index in [9.17, 15) is 0 Å².